The van der Waals surface area contributed by atoms with Crippen molar-refractivity contribution in [3.63, 3.8) is 0 Å². The summed E-state index contributed by atoms with van der Waals surface area (Å²) in [4.78, 5) is 16.5. The van der Waals surface area contributed by atoms with E-state index in [1.165, 1.54) is 0 Å². The van der Waals surface area contributed by atoms with Crippen LogP contribution in [0.1, 0.15) is 21.8 Å². The van der Waals surface area contributed by atoms with E-state index in [0.717, 1.165) is 11.3 Å². The van der Waals surface area contributed by atoms with Gasteiger partial charge in [0, 0.05) is 25.4 Å². The summed E-state index contributed by atoms with van der Waals surface area (Å²) in [6, 6.07) is 5.71. The normalized spacial score (nSPS) is 10.7. The Bertz CT molecular complexity index is 809. The maximum atomic E-state index is 12.5. The first-order valence-corrected chi connectivity index (χ1v) is 7.08. The minimum atomic E-state index is -0.176. The van der Waals surface area contributed by atoms with Gasteiger partial charge in [0.15, 0.2) is 0 Å². The molecule has 1 amide bonds. The quantitative estimate of drug-likeness (QED) is 0.730. The number of aryl methyl sites for hydroxylation is 1. The molecule has 3 aromatic rings. The van der Waals surface area contributed by atoms with Crippen molar-refractivity contribution < 1.29 is 9.21 Å². The molecule has 23 heavy (non-hydrogen) atoms. The van der Waals surface area contributed by atoms with Crippen LogP contribution in [0.4, 0.5) is 6.01 Å². The third-order valence-electron chi connectivity index (χ3n) is 3.29. The molecule has 2 heterocycles. The molecule has 0 unspecified atom stereocenters. The number of hydrogen-bond acceptors (Lipinski definition) is 6. The summed E-state index contributed by atoms with van der Waals surface area (Å²) < 4.78 is 6.86. The molecule has 0 saturated carbocycles. The molecule has 8 nitrogen and oxygen atoms in total. The van der Waals surface area contributed by atoms with Crippen molar-refractivity contribution in [1.29, 1.82) is 0 Å². The number of nitrogens with one attached hydrogen (secondary N) is 1. The van der Waals surface area contributed by atoms with Gasteiger partial charge in [0.25, 0.3) is 5.91 Å². The maximum Gasteiger partial charge on any atom is 0.312 e. The highest BCUT2D eigenvalue weighted by Crippen LogP contribution is 2.16. The summed E-state index contributed by atoms with van der Waals surface area (Å²) in [5.74, 6) is 0.215. The second kappa shape index (κ2) is 6.30. The van der Waals surface area contributed by atoms with Gasteiger partial charge >= 0.3 is 6.01 Å². The lowest BCUT2D eigenvalue weighted by atomic mass is 10.1. The van der Waals surface area contributed by atoms with E-state index in [-0.39, 0.29) is 11.9 Å². The molecule has 0 radical (unpaired) electrons. The van der Waals surface area contributed by atoms with Crippen molar-refractivity contribution >= 4 is 11.9 Å². The molecule has 8 heteroatoms. The van der Waals surface area contributed by atoms with Crippen LogP contribution in [-0.2, 0) is 6.42 Å². The van der Waals surface area contributed by atoms with E-state index in [1.54, 1.807) is 23.3 Å². The van der Waals surface area contributed by atoms with Gasteiger partial charge in [0.05, 0.1) is 17.6 Å². The number of benzene rings is 1. The van der Waals surface area contributed by atoms with Gasteiger partial charge < -0.3 is 20.0 Å². The van der Waals surface area contributed by atoms with E-state index >= 15 is 0 Å². The summed E-state index contributed by atoms with van der Waals surface area (Å²) in [6.45, 7) is 2.31. The zero-order valence-corrected chi connectivity index (χ0v) is 12.6. The Morgan fingerprint density at radius 2 is 2.26 bits per heavy atom. The fourth-order valence-electron chi connectivity index (χ4n) is 2.20. The van der Waals surface area contributed by atoms with E-state index < -0.39 is 0 Å². The van der Waals surface area contributed by atoms with Gasteiger partial charge in [-0.2, -0.15) is 0 Å². The molecule has 0 aliphatic carbocycles. The van der Waals surface area contributed by atoms with Crippen LogP contribution < -0.4 is 11.1 Å². The topological polar surface area (TPSA) is 112 Å². The van der Waals surface area contributed by atoms with Crippen LogP contribution in [0.3, 0.4) is 0 Å². The third kappa shape index (κ3) is 3.37. The Labute approximate surface area is 132 Å². The first-order valence-electron chi connectivity index (χ1n) is 7.08. The molecular weight excluding hydrogens is 296 g/mol. The second-order valence-corrected chi connectivity index (χ2v) is 5.03. The van der Waals surface area contributed by atoms with Gasteiger partial charge in [-0.15, -0.1) is 5.10 Å². The SMILES string of the molecule is Cc1ccc(-n2ccnc2)c(C(=O)NCCc2nnc(N)o2)c1. The standard InChI is InChI=1S/C15H16N6O2/c1-10-2-3-12(21-7-6-17-9-21)11(8-10)14(22)18-5-4-13-19-20-15(16)23-13/h2-3,6-9H,4-5H2,1H3,(H2,16,20)(H,18,22). The minimum Gasteiger partial charge on any atom is -0.408 e. The van der Waals surface area contributed by atoms with Gasteiger partial charge in [-0.25, -0.2) is 4.98 Å². The van der Waals surface area contributed by atoms with Crippen molar-refractivity contribution in [2.24, 2.45) is 0 Å². The van der Waals surface area contributed by atoms with Crippen molar-refractivity contribution in [2.75, 3.05) is 12.3 Å². The molecule has 0 bridgehead atoms. The lowest BCUT2D eigenvalue weighted by molar-refractivity contribution is 0.0953. The van der Waals surface area contributed by atoms with Gasteiger partial charge in [-0.3, -0.25) is 4.79 Å². The molecule has 0 saturated heterocycles. The summed E-state index contributed by atoms with van der Waals surface area (Å²) in [6.07, 6.45) is 5.54. The van der Waals surface area contributed by atoms with Gasteiger partial charge in [0.1, 0.15) is 0 Å². The fraction of sp³-hybridized carbons (Fsp3) is 0.200. The van der Waals surface area contributed by atoms with Crippen molar-refractivity contribution in [3.05, 3.63) is 53.9 Å². The summed E-state index contributed by atoms with van der Waals surface area (Å²) in [7, 11) is 0. The van der Waals surface area contributed by atoms with Crippen LogP contribution in [0, 0.1) is 6.92 Å². The number of nitrogens with zero attached hydrogens (tertiary/aromatic N) is 4. The van der Waals surface area contributed by atoms with Crippen LogP contribution in [0.5, 0.6) is 0 Å². The summed E-state index contributed by atoms with van der Waals surface area (Å²) >= 11 is 0. The van der Waals surface area contributed by atoms with Gasteiger partial charge in [-0.1, -0.05) is 16.7 Å². The molecule has 1 aromatic carbocycles. The zero-order chi connectivity index (χ0) is 16.2. The van der Waals surface area contributed by atoms with E-state index in [0.29, 0.717) is 24.4 Å². The number of hydrogen-bond donors (Lipinski definition) is 2. The number of amides is 1. The third-order valence-corrected chi connectivity index (χ3v) is 3.29. The lowest BCUT2D eigenvalue weighted by Gasteiger charge is -2.11. The molecule has 0 fully saturated rings. The smallest absolute Gasteiger partial charge is 0.312 e. The number of imidazole rings is 1. The van der Waals surface area contributed by atoms with E-state index in [4.69, 9.17) is 10.2 Å². The average molecular weight is 312 g/mol. The molecule has 0 aliphatic rings. The summed E-state index contributed by atoms with van der Waals surface area (Å²) in [5.41, 5.74) is 7.71. The first kappa shape index (κ1) is 14.8. The van der Waals surface area contributed by atoms with Crippen LogP contribution in [0.15, 0.2) is 41.3 Å². The van der Waals surface area contributed by atoms with Crippen molar-refractivity contribution in [1.82, 2.24) is 25.1 Å². The number of carbonyl (C=O) groups is 1. The fourth-order valence-corrected chi connectivity index (χ4v) is 2.20. The van der Waals surface area contributed by atoms with E-state index in [2.05, 4.69) is 20.5 Å². The Balaban J connectivity index is 1.72. The Kier molecular flexibility index (Phi) is 4.05. The van der Waals surface area contributed by atoms with Crippen LogP contribution in [0.2, 0.25) is 0 Å². The Morgan fingerprint density at radius 1 is 1.39 bits per heavy atom. The summed E-state index contributed by atoms with van der Waals surface area (Å²) in [5, 5.41) is 10.2. The van der Waals surface area contributed by atoms with Gasteiger partial charge in [0.2, 0.25) is 5.89 Å². The second-order valence-electron chi connectivity index (χ2n) is 5.03. The predicted octanol–water partition coefficient (Wildman–Crippen LogP) is 1.12. The van der Waals surface area contributed by atoms with Crippen LogP contribution >= 0.6 is 0 Å². The predicted molar refractivity (Wildman–Crippen MR) is 83.0 cm³/mol. The van der Waals surface area contributed by atoms with Crippen LogP contribution in [-0.4, -0.2) is 32.2 Å². The maximum absolute atomic E-state index is 12.5. The number of carbonyl (C=O) groups excluding carboxylic acids is 1. The van der Waals surface area contributed by atoms with Crippen molar-refractivity contribution in [2.45, 2.75) is 13.3 Å². The molecule has 3 N–H and O–H groups in total. The molecule has 118 valence electrons. The molecule has 3 rings (SSSR count). The molecule has 0 atom stereocenters. The van der Waals surface area contributed by atoms with Crippen molar-refractivity contribution in [3.8, 4) is 5.69 Å². The average Bonchev–Trinajstić information content (AvgIpc) is 3.19. The Hall–Kier alpha value is -3.16. The number of nitrogens with two attached hydrogens (primary N) is 1. The highest BCUT2D eigenvalue weighted by molar-refractivity contribution is 5.98. The molecule has 0 spiro atoms. The number of nitrogen functional groups attached to an aromatic ring is 1. The van der Waals surface area contributed by atoms with Crippen LogP contribution in [0.25, 0.3) is 5.69 Å². The minimum absolute atomic E-state index is 0.0207. The lowest BCUT2D eigenvalue weighted by Crippen LogP contribution is -2.27. The molecule has 2 aromatic heterocycles. The number of rotatable bonds is 5. The largest absolute Gasteiger partial charge is 0.408 e. The molecular formula is C15H16N6O2. The van der Waals surface area contributed by atoms with Gasteiger partial charge in [-0.05, 0) is 19.1 Å². The number of aromatic nitrogens is 4. The highest BCUT2D eigenvalue weighted by atomic mass is 16.4. The zero-order valence-electron chi connectivity index (χ0n) is 12.6. The first-order chi connectivity index (χ1) is 11.1. The number of anilines is 1. The molecule has 0 aliphatic heterocycles. The van der Waals surface area contributed by atoms with E-state index in [9.17, 15) is 4.79 Å². The Morgan fingerprint density at radius 3 is 2.96 bits per heavy atom. The highest BCUT2D eigenvalue weighted by Gasteiger charge is 2.13. The van der Waals surface area contributed by atoms with E-state index in [1.807, 2.05) is 25.1 Å². The monoisotopic (exact) mass is 312 g/mol.